The second kappa shape index (κ2) is 9.42. The smallest absolute Gasteiger partial charge is 0.245 e. The Morgan fingerprint density at radius 3 is 2.14 bits per heavy atom. The molecular formula is C20H25N3O5S. The first-order chi connectivity index (χ1) is 13.5. The molecule has 2 aromatic rings. The summed E-state index contributed by atoms with van der Waals surface area (Å²) in [5.41, 5.74) is 1.32. The second-order valence-electron chi connectivity index (χ2n) is 6.74. The fourth-order valence-electron chi connectivity index (χ4n) is 2.57. The molecule has 0 saturated carbocycles. The van der Waals surface area contributed by atoms with Gasteiger partial charge in [-0.2, -0.15) is 0 Å². The molecule has 2 N–H and O–H groups in total. The van der Waals surface area contributed by atoms with Crippen LogP contribution >= 0.6 is 0 Å². The average molecular weight is 420 g/mol. The fourth-order valence-corrected chi connectivity index (χ4v) is 3.43. The number of amides is 2. The molecule has 0 aliphatic carbocycles. The second-order valence-corrected chi connectivity index (χ2v) is 8.65. The third kappa shape index (κ3) is 7.11. The highest BCUT2D eigenvalue weighted by atomic mass is 32.2. The molecule has 0 atom stereocenters. The molecule has 0 radical (unpaired) electrons. The Bertz CT molecular complexity index is 972. The standard InChI is InChI=1S/C20H25N3O5S/c1-14(2)28-19-10-8-18(9-11-19)23(29(4,26)27)13-20(25)22-17-7-5-6-16(12-17)21-15(3)24/h5-12,14H,13H2,1-4H3,(H,21,24)(H,22,25). The van der Waals surface area contributed by atoms with Gasteiger partial charge in [-0.05, 0) is 56.3 Å². The van der Waals surface area contributed by atoms with Gasteiger partial charge in [-0.15, -0.1) is 0 Å². The normalized spacial score (nSPS) is 11.1. The van der Waals surface area contributed by atoms with Gasteiger partial charge in [0.2, 0.25) is 21.8 Å². The fraction of sp³-hybridized carbons (Fsp3) is 0.300. The summed E-state index contributed by atoms with van der Waals surface area (Å²) in [5, 5.41) is 5.26. The van der Waals surface area contributed by atoms with Crippen LogP contribution in [0.4, 0.5) is 17.1 Å². The van der Waals surface area contributed by atoms with Gasteiger partial charge in [0, 0.05) is 18.3 Å². The molecule has 8 nitrogen and oxygen atoms in total. The third-order valence-corrected chi connectivity index (χ3v) is 4.79. The molecule has 0 aromatic heterocycles. The van der Waals surface area contributed by atoms with Crippen LogP contribution in [-0.4, -0.2) is 39.1 Å². The summed E-state index contributed by atoms with van der Waals surface area (Å²) < 4.78 is 31.0. The maximum absolute atomic E-state index is 12.5. The van der Waals surface area contributed by atoms with Crippen molar-refractivity contribution in [2.24, 2.45) is 0 Å². The summed E-state index contributed by atoms with van der Waals surface area (Å²) in [6.45, 7) is 4.77. The van der Waals surface area contributed by atoms with Crippen molar-refractivity contribution in [3.63, 3.8) is 0 Å². The number of carbonyl (C=O) groups is 2. The van der Waals surface area contributed by atoms with Crippen LogP contribution in [0.2, 0.25) is 0 Å². The van der Waals surface area contributed by atoms with Crippen LogP contribution in [0.25, 0.3) is 0 Å². The Hall–Kier alpha value is -3.07. The van der Waals surface area contributed by atoms with Crippen molar-refractivity contribution in [2.75, 3.05) is 27.7 Å². The van der Waals surface area contributed by atoms with E-state index in [9.17, 15) is 18.0 Å². The molecular weight excluding hydrogens is 394 g/mol. The van der Waals surface area contributed by atoms with Crippen molar-refractivity contribution in [3.8, 4) is 5.75 Å². The first-order valence-electron chi connectivity index (χ1n) is 8.96. The maximum atomic E-state index is 12.5. The Morgan fingerprint density at radius 2 is 1.62 bits per heavy atom. The topological polar surface area (TPSA) is 105 Å². The van der Waals surface area contributed by atoms with Gasteiger partial charge < -0.3 is 15.4 Å². The summed E-state index contributed by atoms with van der Waals surface area (Å²) in [6, 6.07) is 13.1. The van der Waals surface area contributed by atoms with Gasteiger partial charge in [0.25, 0.3) is 0 Å². The zero-order valence-electron chi connectivity index (χ0n) is 16.8. The molecule has 0 spiro atoms. The average Bonchev–Trinajstić information content (AvgIpc) is 2.59. The van der Waals surface area contributed by atoms with Crippen molar-refractivity contribution >= 4 is 38.9 Å². The zero-order valence-corrected chi connectivity index (χ0v) is 17.6. The summed E-state index contributed by atoms with van der Waals surface area (Å²) in [4.78, 5) is 23.6. The molecule has 0 unspecified atom stereocenters. The van der Waals surface area contributed by atoms with E-state index in [0.717, 1.165) is 10.6 Å². The SMILES string of the molecule is CC(=O)Nc1cccc(NC(=O)CN(c2ccc(OC(C)C)cc2)S(C)(=O)=O)c1. The lowest BCUT2D eigenvalue weighted by Crippen LogP contribution is -2.37. The van der Waals surface area contributed by atoms with E-state index in [-0.39, 0.29) is 12.0 Å². The number of anilines is 3. The van der Waals surface area contributed by atoms with Crippen LogP contribution < -0.4 is 19.7 Å². The van der Waals surface area contributed by atoms with Crippen molar-refractivity contribution in [2.45, 2.75) is 26.9 Å². The molecule has 29 heavy (non-hydrogen) atoms. The number of ether oxygens (including phenoxy) is 1. The zero-order chi connectivity index (χ0) is 21.6. The minimum Gasteiger partial charge on any atom is -0.491 e. The van der Waals surface area contributed by atoms with Crippen molar-refractivity contribution in [1.82, 2.24) is 0 Å². The molecule has 0 aliphatic heterocycles. The van der Waals surface area contributed by atoms with E-state index < -0.39 is 22.5 Å². The van der Waals surface area contributed by atoms with Gasteiger partial charge in [0.15, 0.2) is 0 Å². The molecule has 2 amide bonds. The van der Waals surface area contributed by atoms with Crippen LogP contribution in [-0.2, 0) is 19.6 Å². The van der Waals surface area contributed by atoms with Gasteiger partial charge in [-0.25, -0.2) is 8.42 Å². The van der Waals surface area contributed by atoms with Crippen LogP contribution in [0.15, 0.2) is 48.5 Å². The first-order valence-corrected chi connectivity index (χ1v) is 10.8. The van der Waals surface area contributed by atoms with Gasteiger partial charge in [0.1, 0.15) is 12.3 Å². The lowest BCUT2D eigenvalue weighted by atomic mass is 10.2. The molecule has 0 saturated heterocycles. The number of hydrogen-bond donors (Lipinski definition) is 2. The molecule has 2 rings (SSSR count). The number of rotatable bonds is 8. The lowest BCUT2D eigenvalue weighted by molar-refractivity contribution is -0.115. The van der Waals surface area contributed by atoms with E-state index in [0.29, 0.717) is 22.8 Å². The number of sulfonamides is 1. The highest BCUT2D eigenvalue weighted by Crippen LogP contribution is 2.22. The molecule has 156 valence electrons. The van der Waals surface area contributed by atoms with E-state index in [1.807, 2.05) is 13.8 Å². The van der Waals surface area contributed by atoms with E-state index in [2.05, 4.69) is 10.6 Å². The monoisotopic (exact) mass is 419 g/mol. The van der Waals surface area contributed by atoms with Crippen LogP contribution in [0.5, 0.6) is 5.75 Å². The Labute approximate surface area is 170 Å². The van der Waals surface area contributed by atoms with E-state index >= 15 is 0 Å². The number of hydrogen-bond acceptors (Lipinski definition) is 5. The number of carbonyl (C=O) groups excluding carboxylic acids is 2. The summed E-state index contributed by atoms with van der Waals surface area (Å²) in [7, 11) is -3.69. The minimum absolute atomic E-state index is 0.00843. The number of benzene rings is 2. The van der Waals surface area contributed by atoms with Crippen LogP contribution in [0, 0.1) is 0 Å². The van der Waals surface area contributed by atoms with Crippen LogP contribution in [0.1, 0.15) is 20.8 Å². The van der Waals surface area contributed by atoms with Crippen molar-refractivity contribution in [1.29, 1.82) is 0 Å². The highest BCUT2D eigenvalue weighted by molar-refractivity contribution is 7.92. The number of nitrogens with one attached hydrogen (secondary N) is 2. The highest BCUT2D eigenvalue weighted by Gasteiger charge is 2.21. The Balaban J connectivity index is 2.14. The van der Waals surface area contributed by atoms with Crippen molar-refractivity contribution < 1.29 is 22.7 Å². The minimum atomic E-state index is -3.69. The van der Waals surface area contributed by atoms with Gasteiger partial charge in [0.05, 0.1) is 18.0 Å². The predicted octanol–water partition coefficient (Wildman–Crippen LogP) is 2.84. The van der Waals surface area contributed by atoms with Gasteiger partial charge in [-0.3, -0.25) is 13.9 Å². The largest absolute Gasteiger partial charge is 0.491 e. The van der Waals surface area contributed by atoms with E-state index in [4.69, 9.17) is 4.74 Å². The van der Waals surface area contributed by atoms with Crippen molar-refractivity contribution in [3.05, 3.63) is 48.5 Å². The number of nitrogens with zero attached hydrogens (tertiary/aromatic N) is 1. The molecule has 2 aromatic carbocycles. The quantitative estimate of drug-likeness (QED) is 0.685. The summed E-state index contributed by atoms with van der Waals surface area (Å²) in [6.07, 6.45) is 1.03. The molecule has 0 aliphatic rings. The third-order valence-electron chi connectivity index (χ3n) is 3.65. The predicted molar refractivity (Wildman–Crippen MR) is 114 cm³/mol. The first kappa shape index (κ1) is 22.2. The summed E-state index contributed by atoms with van der Waals surface area (Å²) >= 11 is 0. The van der Waals surface area contributed by atoms with Crippen LogP contribution in [0.3, 0.4) is 0 Å². The molecule has 0 bridgehead atoms. The molecule has 0 fully saturated rings. The van der Waals surface area contributed by atoms with Gasteiger partial charge in [-0.1, -0.05) is 6.07 Å². The summed E-state index contributed by atoms with van der Waals surface area (Å²) in [5.74, 6) is -0.143. The molecule has 9 heteroatoms. The Morgan fingerprint density at radius 1 is 1.03 bits per heavy atom. The van der Waals surface area contributed by atoms with Gasteiger partial charge >= 0.3 is 0 Å². The maximum Gasteiger partial charge on any atom is 0.245 e. The lowest BCUT2D eigenvalue weighted by Gasteiger charge is -2.22. The Kier molecular flexibility index (Phi) is 7.22. The van der Waals surface area contributed by atoms with E-state index in [1.165, 1.54) is 6.92 Å². The van der Waals surface area contributed by atoms with E-state index in [1.54, 1.807) is 48.5 Å². The molecule has 0 heterocycles.